The molecule has 1 aromatic rings. The van der Waals surface area contributed by atoms with Gasteiger partial charge in [0.25, 0.3) is 5.91 Å². The lowest BCUT2D eigenvalue weighted by Gasteiger charge is -2.16. The average molecular weight is 312 g/mol. The zero-order chi connectivity index (χ0) is 15.6. The molecule has 8 heteroatoms. The minimum Gasteiger partial charge on any atom is -0.481 e. The van der Waals surface area contributed by atoms with Crippen molar-refractivity contribution in [3.63, 3.8) is 0 Å². The molecule has 0 aromatic heterocycles. The quantitative estimate of drug-likeness (QED) is 0.847. The van der Waals surface area contributed by atoms with E-state index in [-0.39, 0.29) is 12.5 Å². The van der Waals surface area contributed by atoms with Crippen LogP contribution in [0.2, 0.25) is 0 Å². The van der Waals surface area contributed by atoms with Gasteiger partial charge in [0.1, 0.15) is 0 Å². The van der Waals surface area contributed by atoms with E-state index in [1.807, 2.05) is 0 Å². The molecule has 1 aromatic carbocycles. The highest BCUT2D eigenvalue weighted by atomic mass is 32.2. The van der Waals surface area contributed by atoms with Gasteiger partial charge in [-0.1, -0.05) is 0 Å². The lowest BCUT2D eigenvalue weighted by Crippen LogP contribution is -2.29. The van der Waals surface area contributed by atoms with Gasteiger partial charge in [0.15, 0.2) is 0 Å². The van der Waals surface area contributed by atoms with Crippen LogP contribution in [0.4, 0.5) is 5.69 Å². The molecule has 1 atom stereocenters. The van der Waals surface area contributed by atoms with Crippen molar-refractivity contribution in [2.75, 3.05) is 24.1 Å². The number of amides is 1. The molecule has 0 radical (unpaired) electrons. The summed E-state index contributed by atoms with van der Waals surface area (Å²) in [6.07, 6.45) is 1.50. The molecule has 1 aliphatic heterocycles. The lowest BCUT2D eigenvalue weighted by molar-refractivity contribution is -0.141. The zero-order valence-electron chi connectivity index (χ0n) is 11.4. The Morgan fingerprint density at radius 3 is 2.38 bits per heavy atom. The molecule has 2 N–H and O–H groups in total. The number of hydrogen-bond donors (Lipinski definition) is 2. The van der Waals surface area contributed by atoms with Gasteiger partial charge in [0.2, 0.25) is 10.0 Å². The van der Waals surface area contributed by atoms with Crippen molar-refractivity contribution in [2.45, 2.75) is 6.42 Å². The van der Waals surface area contributed by atoms with E-state index in [2.05, 4.69) is 4.72 Å². The Bertz CT molecular complexity index is 654. The van der Waals surface area contributed by atoms with Crippen molar-refractivity contribution in [3.05, 3.63) is 29.8 Å². The maximum absolute atomic E-state index is 12.2. The number of hydrogen-bond acceptors (Lipinski definition) is 4. The molecule has 0 bridgehead atoms. The molecule has 1 aliphatic rings. The molecule has 0 aliphatic carbocycles. The minimum absolute atomic E-state index is 0.206. The second-order valence-corrected chi connectivity index (χ2v) is 6.78. The summed E-state index contributed by atoms with van der Waals surface area (Å²) >= 11 is 0. The molecule has 0 saturated carbocycles. The molecular formula is C13H16N2O5S. The highest BCUT2D eigenvalue weighted by Gasteiger charge is 2.31. The van der Waals surface area contributed by atoms with Gasteiger partial charge in [0.05, 0.1) is 12.2 Å². The van der Waals surface area contributed by atoms with Crippen LogP contribution in [0.5, 0.6) is 0 Å². The molecule has 1 unspecified atom stereocenters. The topological polar surface area (TPSA) is 104 Å². The first kappa shape index (κ1) is 15.3. The molecule has 2 rings (SSSR count). The summed E-state index contributed by atoms with van der Waals surface area (Å²) in [5, 5.41) is 8.92. The number of likely N-dealkylation sites (tertiary alicyclic amines) is 1. The number of aliphatic carboxylic acids is 1. The van der Waals surface area contributed by atoms with Crippen molar-refractivity contribution in [3.8, 4) is 0 Å². The van der Waals surface area contributed by atoms with Crippen LogP contribution in [0.1, 0.15) is 16.8 Å². The van der Waals surface area contributed by atoms with Crippen LogP contribution in [-0.2, 0) is 14.8 Å². The summed E-state index contributed by atoms with van der Waals surface area (Å²) in [6.45, 7) is 0.622. The fourth-order valence-electron chi connectivity index (χ4n) is 2.22. The predicted molar refractivity (Wildman–Crippen MR) is 76.6 cm³/mol. The van der Waals surface area contributed by atoms with Crippen LogP contribution < -0.4 is 4.72 Å². The molecule has 1 heterocycles. The molecular weight excluding hydrogens is 296 g/mol. The Balaban J connectivity index is 2.05. The number of nitrogens with zero attached hydrogens (tertiary/aromatic N) is 1. The molecule has 1 saturated heterocycles. The number of carboxylic acids is 1. The van der Waals surface area contributed by atoms with E-state index in [1.165, 1.54) is 29.2 Å². The SMILES string of the molecule is CS(=O)(=O)Nc1ccc(C(=O)N2CCC(C(=O)O)C2)cc1. The van der Waals surface area contributed by atoms with E-state index in [4.69, 9.17) is 5.11 Å². The molecule has 114 valence electrons. The average Bonchev–Trinajstić information content (AvgIpc) is 2.86. The van der Waals surface area contributed by atoms with Gasteiger partial charge in [-0.25, -0.2) is 8.42 Å². The first-order valence-corrected chi connectivity index (χ1v) is 8.25. The predicted octanol–water partition coefficient (Wildman–Crippen LogP) is 0.605. The van der Waals surface area contributed by atoms with Crippen LogP contribution in [-0.4, -0.2) is 49.6 Å². The first-order chi connectivity index (χ1) is 9.76. The second-order valence-electron chi connectivity index (χ2n) is 5.03. The smallest absolute Gasteiger partial charge is 0.308 e. The maximum Gasteiger partial charge on any atom is 0.308 e. The number of carboxylic acid groups (broad SMARTS) is 1. The van der Waals surface area contributed by atoms with E-state index >= 15 is 0 Å². The standard InChI is InChI=1S/C13H16N2O5S/c1-21(19,20)14-11-4-2-9(3-5-11)12(16)15-7-6-10(8-15)13(17)18/h2-5,10,14H,6-8H2,1H3,(H,17,18). The van der Waals surface area contributed by atoms with Crippen molar-refractivity contribution in [1.29, 1.82) is 0 Å². The number of nitrogens with one attached hydrogen (secondary N) is 1. The van der Waals surface area contributed by atoms with Crippen molar-refractivity contribution >= 4 is 27.6 Å². The fraction of sp³-hybridized carbons (Fsp3) is 0.385. The molecule has 0 spiro atoms. The van der Waals surface area contributed by atoms with Gasteiger partial charge in [0, 0.05) is 24.3 Å². The maximum atomic E-state index is 12.2. The summed E-state index contributed by atoms with van der Waals surface area (Å²) in [5.74, 6) is -1.65. The van der Waals surface area contributed by atoms with Gasteiger partial charge in [-0.3, -0.25) is 14.3 Å². The minimum atomic E-state index is -3.35. The summed E-state index contributed by atoms with van der Waals surface area (Å²) in [6, 6.07) is 6.03. The third-order valence-corrected chi connectivity index (χ3v) is 3.87. The summed E-state index contributed by atoms with van der Waals surface area (Å²) in [5.41, 5.74) is 0.777. The highest BCUT2D eigenvalue weighted by molar-refractivity contribution is 7.92. The Labute approximate surface area is 122 Å². The Hall–Kier alpha value is -2.09. The Morgan fingerprint density at radius 2 is 1.90 bits per heavy atom. The fourth-order valence-corrected chi connectivity index (χ4v) is 2.79. The summed E-state index contributed by atoms with van der Waals surface area (Å²) in [4.78, 5) is 24.6. The summed E-state index contributed by atoms with van der Waals surface area (Å²) < 4.78 is 24.5. The molecule has 1 fully saturated rings. The van der Waals surface area contributed by atoms with Crippen LogP contribution in [0.3, 0.4) is 0 Å². The molecule has 7 nitrogen and oxygen atoms in total. The van der Waals surface area contributed by atoms with E-state index in [0.717, 1.165) is 6.26 Å². The number of carbonyl (C=O) groups excluding carboxylic acids is 1. The summed E-state index contributed by atoms with van der Waals surface area (Å²) in [7, 11) is -3.35. The van der Waals surface area contributed by atoms with Gasteiger partial charge in [-0.05, 0) is 30.7 Å². The van der Waals surface area contributed by atoms with E-state index in [0.29, 0.717) is 24.2 Å². The number of rotatable bonds is 4. The third-order valence-electron chi connectivity index (χ3n) is 3.26. The Morgan fingerprint density at radius 1 is 1.29 bits per heavy atom. The van der Waals surface area contributed by atoms with Crippen LogP contribution in [0, 0.1) is 5.92 Å². The van der Waals surface area contributed by atoms with Crippen molar-refractivity contribution in [2.24, 2.45) is 5.92 Å². The molecule has 21 heavy (non-hydrogen) atoms. The van der Waals surface area contributed by atoms with Gasteiger partial charge >= 0.3 is 5.97 Å². The highest BCUT2D eigenvalue weighted by Crippen LogP contribution is 2.20. The molecule has 1 amide bonds. The van der Waals surface area contributed by atoms with Crippen LogP contribution in [0.15, 0.2) is 24.3 Å². The largest absolute Gasteiger partial charge is 0.481 e. The zero-order valence-corrected chi connectivity index (χ0v) is 12.3. The Kier molecular flexibility index (Phi) is 4.17. The number of anilines is 1. The number of benzene rings is 1. The first-order valence-electron chi connectivity index (χ1n) is 6.36. The lowest BCUT2D eigenvalue weighted by atomic mass is 10.1. The van der Waals surface area contributed by atoms with Gasteiger partial charge in [-0.15, -0.1) is 0 Å². The van der Waals surface area contributed by atoms with Crippen molar-refractivity contribution < 1.29 is 23.1 Å². The third kappa shape index (κ3) is 3.94. The number of sulfonamides is 1. The van der Waals surface area contributed by atoms with E-state index in [1.54, 1.807) is 0 Å². The van der Waals surface area contributed by atoms with Crippen LogP contribution in [0.25, 0.3) is 0 Å². The second kappa shape index (κ2) is 5.72. The van der Waals surface area contributed by atoms with Crippen molar-refractivity contribution in [1.82, 2.24) is 4.90 Å². The normalized spacial score (nSPS) is 18.5. The van der Waals surface area contributed by atoms with E-state index in [9.17, 15) is 18.0 Å². The number of carbonyl (C=O) groups is 2. The van der Waals surface area contributed by atoms with Gasteiger partial charge in [-0.2, -0.15) is 0 Å². The monoisotopic (exact) mass is 312 g/mol. The van der Waals surface area contributed by atoms with Gasteiger partial charge < -0.3 is 10.0 Å². The van der Waals surface area contributed by atoms with Crippen LogP contribution >= 0.6 is 0 Å². The van der Waals surface area contributed by atoms with E-state index < -0.39 is 21.9 Å².